The molecule has 118 valence electrons. The van der Waals surface area contributed by atoms with Gasteiger partial charge in [-0.2, -0.15) is 0 Å². The van der Waals surface area contributed by atoms with Crippen molar-refractivity contribution < 1.29 is 24.5 Å². The summed E-state index contributed by atoms with van der Waals surface area (Å²) in [5.41, 5.74) is 4.99. The van der Waals surface area contributed by atoms with E-state index in [1.54, 1.807) is 6.20 Å². The lowest BCUT2D eigenvalue weighted by Crippen LogP contribution is -2.48. The summed E-state index contributed by atoms with van der Waals surface area (Å²) in [7, 11) is 1.13. The third-order valence-corrected chi connectivity index (χ3v) is 3.60. The number of benzene rings is 1. The van der Waals surface area contributed by atoms with E-state index in [0.29, 0.717) is 5.56 Å². The Kier molecular flexibility index (Phi) is 4.48. The minimum Gasteiger partial charge on any atom is -0.480 e. The standard InChI is InChI=1S/C15H18N2O5/c1-22-14(20)15(21,7-11(16)13(18)19)6-9-8-17-12-5-3-2-4-10(9)12/h2-5,8,11,17,21H,6-7,16H2,1H3,(H,18,19). The van der Waals surface area contributed by atoms with Crippen molar-refractivity contribution in [1.82, 2.24) is 4.98 Å². The van der Waals surface area contributed by atoms with E-state index in [-0.39, 0.29) is 6.42 Å². The van der Waals surface area contributed by atoms with Crippen LogP contribution in [0.1, 0.15) is 12.0 Å². The first kappa shape index (κ1) is 16.0. The van der Waals surface area contributed by atoms with Gasteiger partial charge in [-0.1, -0.05) is 18.2 Å². The Morgan fingerprint density at radius 3 is 2.73 bits per heavy atom. The maximum Gasteiger partial charge on any atom is 0.338 e. The van der Waals surface area contributed by atoms with Crippen LogP contribution >= 0.6 is 0 Å². The summed E-state index contributed by atoms with van der Waals surface area (Å²) in [5.74, 6) is -2.20. The van der Waals surface area contributed by atoms with Gasteiger partial charge in [-0.05, 0) is 11.6 Å². The quantitative estimate of drug-likeness (QED) is 0.573. The van der Waals surface area contributed by atoms with Crippen LogP contribution in [0.4, 0.5) is 0 Å². The summed E-state index contributed by atoms with van der Waals surface area (Å²) in [6.45, 7) is 0. The fourth-order valence-corrected chi connectivity index (χ4v) is 2.46. The summed E-state index contributed by atoms with van der Waals surface area (Å²) >= 11 is 0. The highest BCUT2D eigenvalue weighted by Gasteiger charge is 2.41. The van der Waals surface area contributed by atoms with Crippen molar-refractivity contribution in [2.24, 2.45) is 5.73 Å². The summed E-state index contributed by atoms with van der Waals surface area (Å²) in [6, 6.07) is 6.03. The number of carbonyl (C=O) groups excluding carboxylic acids is 1. The molecule has 1 aromatic carbocycles. The molecule has 1 aromatic heterocycles. The third kappa shape index (κ3) is 3.10. The molecule has 0 aliphatic carbocycles. The number of nitrogens with two attached hydrogens (primary N) is 1. The highest BCUT2D eigenvalue weighted by atomic mass is 16.5. The molecule has 2 aromatic rings. The maximum absolute atomic E-state index is 11.9. The lowest BCUT2D eigenvalue weighted by atomic mass is 9.88. The largest absolute Gasteiger partial charge is 0.480 e. The van der Waals surface area contributed by atoms with Gasteiger partial charge in [0.2, 0.25) is 0 Å². The number of fused-ring (bicyclic) bond motifs is 1. The van der Waals surface area contributed by atoms with Gasteiger partial charge in [-0.15, -0.1) is 0 Å². The molecule has 2 rings (SSSR count). The highest BCUT2D eigenvalue weighted by molar-refractivity contribution is 5.86. The summed E-state index contributed by atoms with van der Waals surface area (Å²) in [4.78, 5) is 25.9. The van der Waals surface area contributed by atoms with E-state index < -0.39 is 30.0 Å². The second kappa shape index (κ2) is 6.17. The van der Waals surface area contributed by atoms with E-state index in [4.69, 9.17) is 10.8 Å². The third-order valence-electron chi connectivity index (χ3n) is 3.60. The zero-order valence-electron chi connectivity index (χ0n) is 12.1. The van der Waals surface area contributed by atoms with Gasteiger partial charge in [0, 0.05) is 29.9 Å². The lowest BCUT2D eigenvalue weighted by Gasteiger charge is -2.26. The Labute approximate surface area is 126 Å². The second-order valence-electron chi connectivity index (χ2n) is 5.21. The molecule has 22 heavy (non-hydrogen) atoms. The molecule has 0 radical (unpaired) electrons. The van der Waals surface area contributed by atoms with Crippen molar-refractivity contribution in [1.29, 1.82) is 0 Å². The van der Waals surface area contributed by atoms with Gasteiger partial charge < -0.3 is 25.7 Å². The topological polar surface area (TPSA) is 126 Å². The van der Waals surface area contributed by atoms with Crippen molar-refractivity contribution in [3.05, 3.63) is 36.0 Å². The number of carboxylic acids is 1. The van der Waals surface area contributed by atoms with E-state index in [0.717, 1.165) is 18.0 Å². The Morgan fingerprint density at radius 2 is 2.09 bits per heavy atom. The van der Waals surface area contributed by atoms with Crippen molar-refractivity contribution in [2.75, 3.05) is 7.11 Å². The van der Waals surface area contributed by atoms with Gasteiger partial charge in [0.05, 0.1) is 7.11 Å². The number of nitrogens with one attached hydrogen (secondary N) is 1. The van der Waals surface area contributed by atoms with Crippen LogP contribution in [0, 0.1) is 0 Å². The van der Waals surface area contributed by atoms with E-state index in [1.165, 1.54) is 0 Å². The average Bonchev–Trinajstić information content (AvgIpc) is 2.89. The van der Waals surface area contributed by atoms with E-state index in [2.05, 4.69) is 9.72 Å². The van der Waals surface area contributed by atoms with E-state index >= 15 is 0 Å². The maximum atomic E-state index is 11.9. The fourth-order valence-electron chi connectivity index (χ4n) is 2.46. The minimum absolute atomic E-state index is 0.0926. The predicted molar refractivity (Wildman–Crippen MR) is 79.2 cm³/mol. The molecule has 5 N–H and O–H groups in total. The van der Waals surface area contributed by atoms with Crippen LogP contribution < -0.4 is 5.73 Å². The zero-order chi connectivity index (χ0) is 16.3. The van der Waals surface area contributed by atoms with E-state index in [1.807, 2.05) is 24.3 Å². The minimum atomic E-state index is -2.00. The first-order valence-electron chi connectivity index (χ1n) is 6.71. The number of para-hydroxylation sites is 1. The molecule has 0 saturated carbocycles. The number of esters is 1. The molecule has 1 heterocycles. The van der Waals surface area contributed by atoms with Crippen LogP contribution in [0.2, 0.25) is 0 Å². The van der Waals surface area contributed by atoms with Crippen LogP contribution in [0.15, 0.2) is 30.5 Å². The number of rotatable bonds is 6. The SMILES string of the molecule is COC(=O)C(O)(Cc1c[nH]c2ccccc12)CC(N)C(=O)O. The van der Waals surface area contributed by atoms with Crippen molar-refractivity contribution >= 4 is 22.8 Å². The monoisotopic (exact) mass is 306 g/mol. The van der Waals surface area contributed by atoms with Gasteiger partial charge in [-0.3, -0.25) is 4.79 Å². The van der Waals surface area contributed by atoms with Crippen LogP contribution in [-0.4, -0.2) is 45.9 Å². The molecule has 2 atom stereocenters. The summed E-state index contributed by atoms with van der Waals surface area (Å²) in [6.07, 6.45) is 1.14. The normalized spacial score (nSPS) is 15.2. The molecule has 0 saturated heterocycles. The fraction of sp³-hybridized carbons (Fsp3) is 0.333. The van der Waals surface area contributed by atoms with Gasteiger partial charge in [0.15, 0.2) is 5.60 Å². The molecular weight excluding hydrogens is 288 g/mol. The molecule has 2 unspecified atom stereocenters. The van der Waals surface area contributed by atoms with Crippen LogP contribution in [0.3, 0.4) is 0 Å². The molecule has 0 aliphatic heterocycles. The Bertz CT molecular complexity index is 696. The molecule has 7 heteroatoms. The van der Waals surface area contributed by atoms with E-state index in [9.17, 15) is 14.7 Å². The van der Waals surface area contributed by atoms with Crippen LogP contribution in [-0.2, 0) is 20.7 Å². The van der Waals surface area contributed by atoms with Gasteiger partial charge in [0.25, 0.3) is 0 Å². The number of aliphatic hydroxyl groups is 1. The van der Waals surface area contributed by atoms with Crippen molar-refractivity contribution in [3.63, 3.8) is 0 Å². The molecule has 0 aliphatic rings. The average molecular weight is 306 g/mol. The Morgan fingerprint density at radius 1 is 1.41 bits per heavy atom. The molecule has 0 spiro atoms. The van der Waals surface area contributed by atoms with Crippen LogP contribution in [0.5, 0.6) is 0 Å². The first-order valence-corrected chi connectivity index (χ1v) is 6.71. The Balaban J connectivity index is 2.34. The van der Waals surface area contributed by atoms with Gasteiger partial charge in [0.1, 0.15) is 6.04 Å². The number of aromatic amines is 1. The molecular formula is C15H18N2O5. The summed E-state index contributed by atoms with van der Waals surface area (Å²) < 4.78 is 4.61. The molecule has 0 bridgehead atoms. The summed E-state index contributed by atoms with van der Waals surface area (Å²) in [5, 5.41) is 20.3. The number of ether oxygens (including phenoxy) is 1. The number of carbonyl (C=O) groups is 2. The van der Waals surface area contributed by atoms with Crippen LogP contribution in [0.25, 0.3) is 10.9 Å². The molecule has 0 amide bonds. The number of carboxylic acid groups (broad SMARTS) is 1. The van der Waals surface area contributed by atoms with Crippen molar-refractivity contribution in [2.45, 2.75) is 24.5 Å². The number of aromatic nitrogens is 1. The number of aliphatic carboxylic acids is 1. The second-order valence-corrected chi connectivity index (χ2v) is 5.21. The van der Waals surface area contributed by atoms with Gasteiger partial charge in [-0.25, -0.2) is 4.79 Å². The number of hydrogen-bond donors (Lipinski definition) is 4. The highest BCUT2D eigenvalue weighted by Crippen LogP contribution is 2.26. The number of H-pyrrole nitrogens is 1. The molecule has 7 nitrogen and oxygen atoms in total. The predicted octanol–water partition coefficient (Wildman–Crippen LogP) is 0.416. The van der Waals surface area contributed by atoms with Crippen molar-refractivity contribution in [3.8, 4) is 0 Å². The lowest BCUT2D eigenvalue weighted by molar-refractivity contribution is -0.164. The number of methoxy groups -OCH3 is 1. The first-order chi connectivity index (χ1) is 10.4. The smallest absolute Gasteiger partial charge is 0.338 e. The zero-order valence-corrected chi connectivity index (χ0v) is 12.1. The number of hydrogen-bond acceptors (Lipinski definition) is 5. The van der Waals surface area contributed by atoms with Gasteiger partial charge >= 0.3 is 11.9 Å². The molecule has 0 fully saturated rings. The Hall–Kier alpha value is -2.38.